The number of para-hydroxylation sites is 1. The van der Waals surface area contributed by atoms with Crippen LogP contribution in [0.1, 0.15) is 74.7 Å². The van der Waals surface area contributed by atoms with Gasteiger partial charge >= 0.3 is 0 Å². The molecule has 6 rings (SSSR count). The number of fused-ring (bicyclic) bond motifs is 1. The van der Waals surface area contributed by atoms with Crippen molar-refractivity contribution in [2.45, 2.75) is 64.5 Å². The highest BCUT2D eigenvalue weighted by Gasteiger charge is 2.37. The summed E-state index contributed by atoms with van der Waals surface area (Å²) in [4.78, 5) is 26.3. The maximum atomic E-state index is 12.9. The fourth-order valence-corrected chi connectivity index (χ4v) is 5.67. The molecule has 0 bridgehead atoms. The molecule has 6 N–H and O–H groups in total. The third-order valence-electron chi connectivity index (χ3n) is 7.10. The number of benzodiazepines with no additional fused rings is 1. The van der Waals surface area contributed by atoms with Crippen LogP contribution in [0.5, 0.6) is 0 Å². The summed E-state index contributed by atoms with van der Waals surface area (Å²) in [6.07, 6.45) is 4.58. The molecule has 2 fully saturated rings. The summed E-state index contributed by atoms with van der Waals surface area (Å²) in [7, 11) is 0. The highest BCUT2D eigenvalue weighted by molar-refractivity contribution is 7.16. The van der Waals surface area contributed by atoms with Crippen LogP contribution in [0.25, 0.3) is 0 Å². The number of carbonyl (C=O) groups is 1. The molecule has 3 heterocycles. The minimum atomic E-state index is -1.21. The van der Waals surface area contributed by atoms with Gasteiger partial charge in [-0.1, -0.05) is 75.7 Å². The first kappa shape index (κ1) is 30.9. The van der Waals surface area contributed by atoms with E-state index >= 15 is 0 Å². The van der Waals surface area contributed by atoms with Crippen molar-refractivity contribution in [2.24, 2.45) is 15.7 Å². The zero-order chi connectivity index (χ0) is 30.1. The van der Waals surface area contributed by atoms with Crippen LogP contribution in [-0.2, 0) is 19.7 Å². The van der Waals surface area contributed by atoms with Crippen LogP contribution in [0, 0.1) is 5.41 Å². The fourth-order valence-electron chi connectivity index (χ4n) is 4.64. The van der Waals surface area contributed by atoms with Crippen molar-refractivity contribution in [2.75, 3.05) is 24.3 Å². The number of carbonyl (C=O) groups excluding carboxylic acids is 1. The molecule has 0 spiro atoms. The first-order valence-electron chi connectivity index (χ1n) is 14.3. The average molecular weight is 590 g/mol. The maximum Gasteiger partial charge on any atom is 0.291 e. The molecule has 1 aromatic heterocycles. The van der Waals surface area contributed by atoms with Crippen LogP contribution in [-0.4, -0.2) is 47.9 Å². The highest BCUT2D eigenvalue weighted by Crippen LogP contribution is 2.45. The second-order valence-electron chi connectivity index (χ2n) is 10.1. The Morgan fingerprint density at radius 2 is 1.76 bits per heavy atom. The molecule has 1 saturated heterocycles. The third kappa shape index (κ3) is 7.21. The molecule has 10 nitrogen and oxygen atoms in total. The number of amides is 1. The Kier molecular flexibility index (Phi) is 10.4. The normalized spacial score (nSPS) is 18.8. The minimum Gasteiger partial charge on any atom is -0.405 e. The van der Waals surface area contributed by atoms with Gasteiger partial charge in [0.15, 0.2) is 5.69 Å². The molecule has 1 amide bonds. The average Bonchev–Trinajstić information content (AvgIpc) is 3.67. The number of amidine groups is 1. The van der Waals surface area contributed by atoms with E-state index < -0.39 is 12.1 Å². The standard InChI is InChI=1S/C25H25N7O2S.C4H8O.C2H6/c1-25(12-7-13-25)23-31-18(20(27)35-23)19(26)34-24(28)32-21-22(33)29-16-11-6-5-10-15(16)17(30-21)14-8-3-2-4-9-14;1-2-4-5-3-1;1-2/h2-6,8-11,21,26H,7,12-13,27H2,1H3,(H2,28,32)(H,29,33);1-4H2;1-2H3. The Bertz CT molecular complexity index is 1440. The number of hydrogen-bond acceptors (Lipinski definition) is 9. The molecule has 1 aliphatic carbocycles. The lowest BCUT2D eigenvalue weighted by Gasteiger charge is -2.36. The van der Waals surface area contributed by atoms with Crippen LogP contribution in [0.4, 0.5) is 10.7 Å². The quantitative estimate of drug-likeness (QED) is 0.233. The Morgan fingerprint density at radius 1 is 1.10 bits per heavy atom. The van der Waals surface area contributed by atoms with Crippen LogP contribution < -0.4 is 16.8 Å². The van der Waals surface area contributed by atoms with Crippen molar-refractivity contribution in [3.63, 3.8) is 0 Å². The van der Waals surface area contributed by atoms with Gasteiger partial charge < -0.3 is 26.3 Å². The van der Waals surface area contributed by atoms with Crippen LogP contribution in [0.15, 0.2) is 64.6 Å². The van der Waals surface area contributed by atoms with Gasteiger partial charge in [-0.05, 0) is 31.7 Å². The van der Waals surface area contributed by atoms with E-state index in [0.717, 1.165) is 48.6 Å². The summed E-state index contributed by atoms with van der Waals surface area (Å²) in [5, 5.41) is 12.5. The first-order chi connectivity index (χ1) is 20.3. The third-order valence-corrected chi connectivity index (χ3v) is 8.29. The molecular formula is C31H39N7O3S. The maximum absolute atomic E-state index is 12.9. The molecule has 1 atom stereocenters. The fraction of sp³-hybridized carbons (Fsp3) is 0.387. The number of nitrogens with zero attached hydrogens (tertiary/aromatic N) is 3. The van der Waals surface area contributed by atoms with E-state index in [1.807, 2.05) is 62.4 Å². The number of aliphatic imine (C=N–C) groups is 2. The predicted molar refractivity (Wildman–Crippen MR) is 170 cm³/mol. The van der Waals surface area contributed by atoms with Crippen LogP contribution in [0.3, 0.4) is 0 Å². The van der Waals surface area contributed by atoms with Crippen LogP contribution >= 0.6 is 11.3 Å². The van der Waals surface area contributed by atoms with E-state index in [2.05, 4.69) is 27.2 Å². The summed E-state index contributed by atoms with van der Waals surface area (Å²) >= 11 is 1.36. The highest BCUT2D eigenvalue weighted by atomic mass is 32.1. The number of thiazole rings is 1. The predicted octanol–water partition coefficient (Wildman–Crippen LogP) is 5.46. The van der Waals surface area contributed by atoms with Gasteiger partial charge in [-0.15, -0.1) is 11.3 Å². The van der Waals surface area contributed by atoms with Crippen molar-refractivity contribution in [3.05, 3.63) is 76.4 Å². The summed E-state index contributed by atoms with van der Waals surface area (Å²) < 4.78 is 10.4. The number of benzene rings is 2. The van der Waals surface area contributed by atoms with Gasteiger partial charge in [0.2, 0.25) is 12.1 Å². The molecule has 3 aliphatic rings. The van der Waals surface area contributed by atoms with Gasteiger partial charge in [0.25, 0.3) is 11.9 Å². The molecule has 11 heteroatoms. The van der Waals surface area contributed by atoms with E-state index in [0.29, 0.717) is 16.4 Å². The Morgan fingerprint density at radius 3 is 2.38 bits per heavy atom. The van der Waals surface area contributed by atoms with Gasteiger partial charge in [-0.2, -0.15) is 4.99 Å². The minimum absolute atomic E-state index is 0.00700. The lowest BCUT2D eigenvalue weighted by Crippen LogP contribution is -2.31. The van der Waals surface area contributed by atoms with Gasteiger partial charge in [0.1, 0.15) is 10.0 Å². The van der Waals surface area contributed by atoms with Crippen molar-refractivity contribution < 1.29 is 14.3 Å². The SMILES string of the molecule is C1CCOC1.CC.CC1(c2nc(C(=N)O/C(N)=N/C3N=C(c4ccccc4)c4ccccc4NC3=O)c(N)s2)CCC1. The second-order valence-corrected chi connectivity index (χ2v) is 11.1. The summed E-state index contributed by atoms with van der Waals surface area (Å²) in [6.45, 7) is 8.14. The van der Waals surface area contributed by atoms with Gasteiger partial charge in [0, 0.05) is 29.8 Å². The number of nitrogens with two attached hydrogens (primary N) is 2. The Labute approximate surface area is 250 Å². The molecule has 1 unspecified atom stereocenters. The first-order valence-corrected chi connectivity index (χ1v) is 15.1. The number of rotatable bonds is 4. The number of hydrogen-bond donors (Lipinski definition) is 4. The second kappa shape index (κ2) is 14.2. The summed E-state index contributed by atoms with van der Waals surface area (Å²) in [5.41, 5.74) is 15.2. The largest absolute Gasteiger partial charge is 0.405 e. The zero-order valence-electron chi connectivity index (χ0n) is 24.4. The molecular weight excluding hydrogens is 550 g/mol. The number of nitrogens with one attached hydrogen (secondary N) is 2. The topological polar surface area (TPSA) is 161 Å². The molecule has 42 heavy (non-hydrogen) atoms. The van der Waals surface area contributed by atoms with Crippen molar-refractivity contribution >= 4 is 45.6 Å². The molecule has 1 saturated carbocycles. The van der Waals surface area contributed by atoms with E-state index in [1.165, 1.54) is 24.2 Å². The molecule has 3 aromatic rings. The number of anilines is 2. The van der Waals surface area contributed by atoms with Gasteiger partial charge in [-0.25, -0.2) is 9.98 Å². The van der Waals surface area contributed by atoms with Crippen molar-refractivity contribution in [1.29, 1.82) is 5.41 Å². The van der Waals surface area contributed by atoms with Crippen molar-refractivity contribution in [1.82, 2.24) is 4.98 Å². The van der Waals surface area contributed by atoms with E-state index in [-0.39, 0.29) is 23.0 Å². The molecule has 2 aromatic carbocycles. The summed E-state index contributed by atoms with van der Waals surface area (Å²) in [6, 6.07) is 16.5. The smallest absolute Gasteiger partial charge is 0.291 e. The molecule has 222 valence electrons. The lowest BCUT2D eigenvalue weighted by molar-refractivity contribution is -0.117. The summed E-state index contributed by atoms with van der Waals surface area (Å²) in [5.74, 6) is -0.784. The molecule has 0 radical (unpaired) electrons. The number of aromatic nitrogens is 1. The zero-order valence-corrected chi connectivity index (χ0v) is 25.2. The van der Waals surface area contributed by atoms with E-state index in [1.54, 1.807) is 6.07 Å². The monoisotopic (exact) mass is 589 g/mol. The van der Waals surface area contributed by atoms with E-state index in [4.69, 9.17) is 26.4 Å². The van der Waals surface area contributed by atoms with Gasteiger partial charge in [0.05, 0.1) is 11.4 Å². The van der Waals surface area contributed by atoms with Crippen LogP contribution in [0.2, 0.25) is 0 Å². The number of ether oxygens (including phenoxy) is 2. The number of nitrogen functional groups attached to an aromatic ring is 1. The molecule has 2 aliphatic heterocycles. The lowest BCUT2D eigenvalue weighted by atomic mass is 9.71. The Balaban J connectivity index is 0.000000516. The van der Waals surface area contributed by atoms with Gasteiger partial charge in [-0.3, -0.25) is 10.2 Å². The van der Waals surface area contributed by atoms with E-state index in [9.17, 15) is 4.79 Å². The van der Waals surface area contributed by atoms with Crippen molar-refractivity contribution in [3.8, 4) is 0 Å². The Hall–Kier alpha value is -4.09.